The van der Waals surface area contributed by atoms with Gasteiger partial charge in [0.2, 0.25) is 9.47 Å². The first-order chi connectivity index (χ1) is 13.8. The lowest BCUT2D eigenvalue weighted by molar-refractivity contribution is 0.102. The Labute approximate surface area is 178 Å². The number of hydrogen-bond donors (Lipinski definition) is 2. The van der Waals surface area contributed by atoms with Crippen molar-refractivity contribution in [3.8, 4) is 0 Å². The lowest BCUT2D eigenvalue weighted by Crippen LogP contribution is -2.25. The number of aromatic nitrogens is 2. The fourth-order valence-electron chi connectivity index (χ4n) is 2.37. The number of rotatable bonds is 8. The van der Waals surface area contributed by atoms with Crippen molar-refractivity contribution in [1.82, 2.24) is 14.9 Å². The fraction of sp³-hybridized carbons (Fsp3) is 0.211. The predicted octanol–water partition coefficient (Wildman–Crippen LogP) is 3.48. The van der Waals surface area contributed by atoms with E-state index in [2.05, 4.69) is 20.2 Å². The summed E-state index contributed by atoms with van der Waals surface area (Å²) in [6.45, 7) is 4.16. The van der Waals surface area contributed by atoms with Crippen molar-refractivity contribution in [2.45, 2.75) is 23.1 Å². The average Bonchev–Trinajstić information content (AvgIpc) is 3.16. The molecule has 0 radical (unpaired) electrons. The Morgan fingerprint density at radius 1 is 1.07 bits per heavy atom. The van der Waals surface area contributed by atoms with Crippen molar-refractivity contribution in [2.75, 3.05) is 17.6 Å². The highest BCUT2D eigenvalue weighted by Crippen LogP contribution is 2.21. The summed E-state index contributed by atoms with van der Waals surface area (Å²) in [4.78, 5) is 13.3. The van der Waals surface area contributed by atoms with Crippen molar-refractivity contribution >= 4 is 44.2 Å². The summed E-state index contributed by atoms with van der Waals surface area (Å²) in [5, 5.41) is 10.2. The van der Waals surface area contributed by atoms with Crippen LogP contribution in [0.25, 0.3) is 0 Å². The zero-order valence-corrected chi connectivity index (χ0v) is 18.3. The van der Waals surface area contributed by atoms with Crippen LogP contribution < -0.4 is 10.0 Å². The number of carbonyl (C=O) groups excluding carboxylic acids is 1. The largest absolute Gasteiger partial charge is 0.296 e. The molecule has 1 heterocycles. The quantitative estimate of drug-likeness (QED) is 0.311. The highest BCUT2D eigenvalue weighted by atomic mass is 32.2. The van der Waals surface area contributed by atoms with Crippen molar-refractivity contribution in [2.24, 2.45) is 0 Å². The minimum Gasteiger partial charge on any atom is -0.296 e. The van der Waals surface area contributed by atoms with Gasteiger partial charge in [0.15, 0.2) is 0 Å². The summed E-state index contributed by atoms with van der Waals surface area (Å²) < 4.78 is 27.1. The third-order valence-corrected chi connectivity index (χ3v) is 7.50. The molecule has 0 saturated heterocycles. The molecule has 7 nitrogen and oxygen atoms in total. The molecule has 152 valence electrons. The van der Waals surface area contributed by atoms with E-state index in [0.717, 1.165) is 21.8 Å². The van der Waals surface area contributed by atoms with Crippen molar-refractivity contribution in [3.63, 3.8) is 0 Å². The molecule has 0 unspecified atom stereocenters. The number of nitrogens with zero attached hydrogens (tertiary/aromatic N) is 2. The van der Waals surface area contributed by atoms with E-state index in [-0.39, 0.29) is 21.9 Å². The first kappa shape index (κ1) is 21.4. The third kappa shape index (κ3) is 6.10. The minimum absolute atomic E-state index is 0.130. The van der Waals surface area contributed by atoms with Crippen LogP contribution in [-0.4, -0.2) is 36.8 Å². The van der Waals surface area contributed by atoms with E-state index in [1.54, 1.807) is 30.0 Å². The van der Waals surface area contributed by atoms with Gasteiger partial charge in [-0.25, -0.2) is 13.1 Å². The lowest BCUT2D eigenvalue weighted by Gasteiger charge is -2.04. The van der Waals surface area contributed by atoms with Crippen LogP contribution in [0.1, 0.15) is 21.5 Å². The Balaban J connectivity index is 1.54. The summed E-state index contributed by atoms with van der Waals surface area (Å²) >= 11 is 2.37. The molecule has 3 aromatic rings. The van der Waals surface area contributed by atoms with Gasteiger partial charge in [-0.2, -0.15) is 0 Å². The molecule has 2 N–H and O–H groups in total. The van der Waals surface area contributed by atoms with Crippen molar-refractivity contribution in [1.29, 1.82) is 0 Å². The van der Waals surface area contributed by atoms with Crippen LogP contribution >= 0.6 is 23.1 Å². The Morgan fingerprint density at radius 3 is 2.55 bits per heavy atom. The van der Waals surface area contributed by atoms with Crippen LogP contribution in [0, 0.1) is 13.8 Å². The van der Waals surface area contributed by atoms with Gasteiger partial charge in [0.25, 0.3) is 15.9 Å². The molecule has 0 bridgehead atoms. The van der Waals surface area contributed by atoms with Gasteiger partial charge in [-0.15, -0.1) is 22.0 Å². The maximum absolute atomic E-state index is 12.4. The van der Waals surface area contributed by atoms with Crippen LogP contribution in [0.2, 0.25) is 0 Å². The molecule has 3 rings (SSSR count). The van der Waals surface area contributed by atoms with Crippen LogP contribution in [0.4, 0.5) is 5.13 Å². The van der Waals surface area contributed by atoms with Crippen LogP contribution in [-0.2, 0) is 10.0 Å². The lowest BCUT2D eigenvalue weighted by atomic mass is 10.1. The number of thioether (sulfide) groups is 1. The second kappa shape index (κ2) is 9.49. The topological polar surface area (TPSA) is 101 Å². The summed E-state index contributed by atoms with van der Waals surface area (Å²) in [7, 11) is -3.78. The van der Waals surface area contributed by atoms with E-state index < -0.39 is 10.0 Å². The maximum Gasteiger partial charge on any atom is 0.269 e. The third-order valence-electron chi connectivity index (χ3n) is 3.82. The predicted molar refractivity (Wildman–Crippen MR) is 116 cm³/mol. The number of amides is 1. The van der Waals surface area contributed by atoms with Gasteiger partial charge in [0.05, 0.1) is 0 Å². The van der Waals surface area contributed by atoms with Gasteiger partial charge in [0, 0.05) is 22.8 Å². The molecule has 0 fully saturated rings. The van der Waals surface area contributed by atoms with Crippen LogP contribution in [0.3, 0.4) is 0 Å². The van der Waals surface area contributed by atoms with E-state index in [0.29, 0.717) is 11.3 Å². The van der Waals surface area contributed by atoms with Gasteiger partial charge < -0.3 is 0 Å². The number of carbonyl (C=O) groups is 1. The molecule has 0 aliphatic heterocycles. The molecule has 0 spiro atoms. The first-order valence-electron chi connectivity index (χ1n) is 8.74. The van der Waals surface area contributed by atoms with Gasteiger partial charge in [-0.05, 0) is 38.1 Å². The molecule has 0 saturated carbocycles. The van der Waals surface area contributed by atoms with E-state index in [4.69, 9.17) is 0 Å². The smallest absolute Gasteiger partial charge is 0.269 e. The number of nitrogens with one attached hydrogen (secondary N) is 2. The molecule has 29 heavy (non-hydrogen) atoms. The van der Waals surface area contributed by atoms with E-state index in [1.165, 1.54) is 5.56 Å². The highest BCUT2D eigenvalue weighted by Gasteiger charge is 2.20. The summed E-state index contributed by atoms with van der Waals surface area (Å²) in [6.07, 6.45) is 0. The number of hydrogen-bond acceptors (Lipinski definition) is 7. The number of aryl methyl sites for hydroxylation is 2. The summed E-state index contributed by atoms with van der Waals surface area (Å²) in [5.41, 5.74) is 2.60. The number of benzene rings is 2. The maximum atomic E-state index is 12.4. The zero-order chi connectivity index (χ0) is 20.9. The Kier molecular flexibility index (Phi) is 7.01. The molecule has 10 heteroatoms. The minimum atomic E-state index is -3.78. The normalized spacial score (nSPS) is 11.4. The molecule has 1 amide bonds. The average molecular weight is 449 g/mol. The van der Waals surface area contributed by atoms with Crippen molar-refractivity contribution < 1.29 is 13.2 Å². The summed E-state index contributed by atoms with van der Waals surface area (Å²) in [5.74, 6) is 0.217. The van der Waals surface area contributed by atoms with E-state index in [9.17, 15) is 13.2 Å². The molecule has 0 aliphatic carbocycles. The van der Waals surface area contributed by atoms with Crippen LogP contribution in [0.5, 0.6) is 0 Å². The van der Waals surface area contributed by atoms with Crippen LogP contribution in [0.15, 0.2) is 57.8 Å². The summed E-state index contributed by atoms with van der Waals surface area (Å²) in [6, 6.07) is 15.1. The fourth-order valence-corrected chi connectivity index (χ4v) is 5.23. The van der Waals surface area contributed by atoms with Crippen molar-refractivity contribution in [3.05, 3.63) is 65.2 Å². The molecule has 0 aliphatic rings. The standard InChI is InChI=1S/C19H20N4O3S3/c1-13-6-8-16(9-7-13)27-11-10-20-29(25,26)19-23-22-18(28-19)21-17(24)15-5-3-4-14(2)12-15/h3-9,12,20H,10-11H2,1-2H3,(H,21,22,24). The highest BCUT2D eigenvalue weighted by molar-refractivity contribution is 7.99. The Bertz CT molecular complexity index is 1100. The van der Waals surface area contributed by atoms with Gasteiger partial charge in [-0.1, -0.05) is 46.7 Å². The molecule has 2 aromatic carbocycles. The Morgan fingerprint density at radius 2 is 1.83 bits per heavy atom. The molecular weight excluding hydrogens is 428 g/mol. The van der Waals surface area contributed by atoms with Gasteiger partial charge in [-0.3, -0.25) is 10.1 Å². The van der Waals surface area contributed by atoms with Gasteiger partial charge in [0.1, 0.15) is 0 Å². The Hall–Kier alpha value is -2.27. The molecule has 0 atom stereocenters. The zero-order valence-electron chi connectivity index (χ0n) is 15.9. The monoisotopic (exact) mass is 448 g/mol. The van der Waals surface area contributed by atoms with E-state index in [1.807, 2.05) is 44.2 Å². The molecule has 1 aromatic heterocycles. The SMILES string of the molecule is Cc1ccc(SCCNS(=O)(=O)c2nnc(NC(=O)c3cccc(C)c3)s2)cc1. The second-order valence-electron chi connectivity index (χ2n) is 6.26. The second-order valence-corrected chi connectivity index (χ2v) is 10.3. The van der Waals surface area contributed by atoms with E-state index >= 15 is 0 Å². The number of sulfonamides is 1. The number of anilines is 1. The first-order valence-corrected chi connectivity index (χ1v) is 12.0. The molecular formula is C19H20N4O3S3. The van der Waals surface area contributed by atoms with Gasteiger partial charge >= 0.3 is 0 Å².